The van der Waals surface area contributed by atoms with Crippen LogP contribution in [0.25, 0.3) is 0 Å². The molecule has 0 aliphatic heterocycles. The molecule has 0 radical (unpaired) electrons. The number of benzene rings is 2. The molecule has 0 spiro atoms. The first kappa shape index (κ1) is 13.6. The first-order chi connectivity index (χ1) is 9.20. The molecule has 0 aliphatic carbocycles. The van der Waals surface area contributed by atoms with Gasteiger partial charge >= 0.3 is 0 Å². The molecule has 0 bridgehead atoms. The SMILES string of the molecule is NNC(=O)c1ccc(CSc2ccccc2F)cc1. The van der Waals surface area contributed by atoms with E-state index < -0.39 is 0 Å². The monoisotopic (exact) mass is 276 g/mol. The Kier molecular flexibility index (Phi) is 4.54. The molecule has 5 heteroatoms. The molecule has 0 fully saturated rings. The lowest BCUT2D eigenvalue weighted by molar-refractivity contribution is 0.0953. The van der Waals surface area contributed by atoms with Gasteiger partial charge in [0.25, 0.3) is 5.91 Å². The minimum Gasteiger partial charge on any atom is -0.290 e. The minimum atomic E-state index is -0.326. The maximum atomic E-state index is 13.4. The topological polar surface area (TPSA) is 55.1 Å². The molecule has 3 N–H and O–H groups in total. The number of thioether (sulfide) groups is 1. The molecule has 2 aromatic carbocycles. The molecular weight excluding hydrogens is 263 g/mol. The van der Waals surface area contributed by atoms with Crippen molar-refractivity contribution in [3.8, 4) is 0 Å². The van der Waals surface area contributed by atoms with Gasteiger partial charge in [-0.3, -0.25) is 10.2 Å². The largest absolute Gasteiger partial charge is 0.290 e. The van der Waals surface area contributed by atoms with Crippen LogP contribution in [0.15, 0.2) is 53.4 Å². The lowest BCUT2D eigenvalue weighted by Gasteiger charge is -2.04. The van der Waals surface area contributed by atoms with Gasteiger partial charge in [-0.05, 0) is 29.8 Å². The summed E-state index contributed by atoms with van der Waals surface area (Å²) in [5.41, 5.74) is 3.59. The van der Waals surface area contributed by atoms with Crippen LogP contribution in [0.4, 0.5) is 4.39 Å². The van der Waals surface area contributed by atoms with Crippen LogP contribution in [0.5, 0.6) is 0 Å². The average Bonchev–Trinajstić information content (AvgIpc) is 2.46. The van der Waals surface area contributed by atoms with Gasteiger partial charge in [0.2, 0.25) is 0 Å². The van der Waals surface area contributed by atoms with Crippen LogP contribution in [0.3, 0.4) is 0 Å². The van der Waals surface area contributed by atoms with Crippen LogP contribution < -0.4 is 11.3 Å². The quantitative estimate of drug-likeness (QED) is 0.391. The van der Waals surface area contributed by atoms with Crippen molar-refractivity contribution in [1.29, 1.82) is 0 Å². The molecule has 0 aromatic heterocycles. The number of nitrogens with one attached hydrogen (secondary N) is 1. The zero-order valence-electron chi connectivity index (χ0n) is 10.1. The normalized spacial score (nSPS) is 10.2. The highest BCUT2D eigenvalue weighted by Gasteiger charge is 2.04. The summed E-state index contributed by atoms with van der Waals surface area (Å²) < 4.78 is 13.4. The molecule has 0 saturated carbocycles. The Hall–Kier alpha value is -1.85. The molecule has 0 saturated heterocycles. The molecule has 19 heavy (non-hydrogen) atoms. The molecule has 0 unspecified atom stereocenters. The Morgan fingerprint density at radius 3 is 2.47 bits per heavy atom. The summed E-state index contributed by atoms with van der Waals surface area (Å²) in [7, 11) is 0. The summed E-state index contributed by atoms with van der Waals surface area (Å²) in [5, 5.41) is 0. The number of rotatable bonds is 4. The van der Waals surface area contributed by atoms with E-state index in [1.165, 1.54) is 17.8 Å². The summed E-state index contributed by atoms with van der Waals surface area (Å²) in [6, 6.07) is 13.7. The Labute approximate surface area is 115 Å². The van der Waals surface area contributed by atoms with Gasteiger partial charge < -0.3 is 0 Å². The Bertz CT molecular complexity index is 572. The van der Waals surface area contributed by atoms with Crippen LogP contribution in [0, 0.1) is 5.82 Å². The number of carbonyl (C=O) groups excluding carboxylic acids is 1. The maximum absolute atomic E-state index is 13.4. The van der Waals surface area contributed by atoms with Crippen molar-refractivity contribution in [2.75, 3.05) is 0 Å². The first-order valence-electron chi connectivity index (χ1n) is 5.68. The Morgan fingerprint density at radius 1 is 1.16 bits per heavy atom. The molecular formula is C14H13FN2OS. The minimum absolute atomic E-state index is 0.216. The Balaban J connectivity index is 2.01. The van der Waals surface area contributed by atoms with E-state index in [4.69, 9.17) is 5.84 Å². The summed E-state index contributed by atoms with van der Waals surface area (Å²) in [4.78, 5) is 11.9. The zero-order chi connectivity index (χ0) is 13.7. The second-order valence-corrected chi connectivity index (χ2v) is 4.91. The average molecular weight is 276 g/mol. The number of amides is 1. The number of nitrogen functional groups attached to an aromatic ring is 1. The van der Waals surface area contributed by atoms with Crippen molar-refractivity contribution < 1.29 is 9.18 Å². The van der Waals surface area contributed by atoms with E-state index in [1.54, 1.807) is 30.3 Å². The van der Waals surface area contributed by atoms with E-state index in [0.717, 1.165) is 5.56 Å². The van der Waals surface area contributed by atoms with Gasteiger partial charge in [-0.15, -0.1) is 11.8 Å². The van der Waals surface area contributed by atoms with Gasteiger partial charge in [0.15, 0.2) is 0 Å². The van der Waals surface area contributed by atoms with Crippen molar-refractivity contribution in [2.24, 2.45) is 5.84 Å². The Morgan fingerprint density at radius 2 is 1.84 bits per heavy atom. The molecule has 2 rings (SSSR count). The third-order valence-electron chi connectivity index (χ3n) is 2.58. The highest BCUT2D eigenvalue weighted by molar-refractivity contribution is 7.98. The van der Waals surface area contributed by atoms with Gasteiger partial charge in [-0.1, -0.05) is 24.3 Å². The summed E-state index contributed by atoms with van der Waals surface area (Å²) in [6.45, 7) is 0. The molecule has 2 aromatic rings. The molecule has 0 atom stereocenters. The van der Waals surface area contributed by atoms with Crippen LogP contribution in [-0.4, -0.2) is 5.91 Å². The zero-order valence-corrected chi connectivity index (χ0v) is 10.9. The number of halogens is 1. The van der Waals surface area contributed by atoms with Crippen molar-refractivity contribution in [3.05, 3.63) is 65.5 Å². The highest BCUT2D eigenvalue weighted by atomic mass is 32.2. The summed E-state index contributed by atoms with van der Waals surface area (Å²) in [5.74, 6) is 5.15. The number of hydrogen-bond acceptors (Lipinski definition) is 3. The molecule has 3 nitrogen and oxygen atoms in total. The molecule has 0 heterocycles. The van der Waals surface area contributed by atoms with Crippen LogP contribution in [0.2, 0.25) is 0 Å². The smallest absolute Gasteiger partial charge is 0.265 e. The predicted octanol–water partition coefficient (Wildman–Crippen LogP) is 2.72. The van der Waals surface area contributed by atoms with E-state index in [-0.39, 0.29) is 11.7 Å². The fourth-order valence-electron chi connectivity index (χ4n) is 1.56. The van der Waals surface area contributed by atoms with E-state index in [0.29, 0.717) is 16.2 Å². The van der Waals surface area contributed by atoms with E-state index in [9.17, 15) is 9.18 Å². The second-order valence-electron chi connectivity index (χ2n) is 3.89. The number of hydrogen-bond donors (Lipinski definition) is 2. The highest BCUT2D eigenvalue weighted by Crippen LogP contribution is 2.25. The van der Waals surface area contributed by atoms with Crippen molar-refractivity contribution in [3.63, 3.8) is 0 Å². The lowest BCUT2D eigenvalue weighted by Crippen LogP contribution is -2.29. The fourth-order valence-corrected chi connectivity index (χ4v) is 2.45. The number of carbonyl (C=O) groups is 1. The lowest BCUT2D eigenvalue weighted by atomic mass is 10.1. The van der Waals surface area contributed by atoms with Gasteiger partial charge in [0, 0.05) is 16.2 Å². The number of nitrogens with two attached hydrogens (primary N) is 1. The maximum Gasteiger partial charge on any atom is 0.265 e. The molecule has 0 aliphatic rings. The van der Waals surface area contributed by atoms with Gasteiger partial charge in [0.1, 0.15) is 5.82 Å². The van der Waals surface area contributed by atoms with E-state index in [2.05, 4.69) is 5.43 Å². The van der Waals surface area contributed by atoms with Crippen molar-refractivity contribution >= 4 is 17.7 Å². The van der Waals surface area contributed by atoms with Gasteiger partial charge in [-0.2, -0.15) is 0 Å². The second kappa shape index (κ2) is 6.36. The molecule has 1 amide bonds. The summed E-state index contributed by atoms with van der Waals surface area (Å²) in [6.07, 6.45) is 0. The van der Waals surface area contributed by atoms with Crippen LogP contribution in [-0.2, 0) is 5.75 Å². The third kappa shape index (κ3) is 3.56. The van der Waals surface area contributed by atoms with Crippen LogP contribution >= 0.6 is 11.8 Å². The fraction of sp³-hybridized carbons (Fsp3) is 0.0714. The predicted molar refractivity (Wildman–Crippen MR) is 74.1 cm³/mol. The van der Waals surface area contributed by atoms with Crippen LogP contribution in [0.1, 0.15) is 15.9 Å². The van der Waals surface area contributed by atoms with E-state index >= 15 is 0 Å². The molecule has 98 valence electrons. The number of hydrazine groups is 1. The van der Waals surface area contributed by atoms with Gasteiger partial charge in [0.05, 0.1) is 0 Å². The van der Waals surface area contributed by atoms with Gasteiger partial charge in [-0.25, -0.2) is 10.2 Å². The summed E-state index contributed by atoms with van der Waals surface area (Å²) >= 11 is 1.42. The first-order valence-corrected chi connectivity index (χ1v) is 6.66. The van der Waals surface area contributed by atoms with E-state index in [1.807, 2.05) is 12.1 Å². The standard InChI is InChI=1S/C14H13FN2OS/c15-12-3-1-2-4-13(12)19-9-10-5-7-11(8-6-10)14(18)17-16/h1-8H,9,16H2,(H,17,18). The third-order valence-corrected chi connectivity index (χ3v) is 3.70. The van der Waals surface area contributed by atoms with Crippen molar-refractivity contribution in [1.82, 2.24) is 5.43 Å². The van der Waals surface area contributed by atoms with Crippen molar-refractivity contribution in [2.45, 2.75) is 10.6 Å².